The first-order chi connectivity index (χ1) is 27.8. The Hall–Kier alpha value is -4.96. The van der Waals surface area contributed by atoms with E-state index in [1.165, 1.54) is 33.0 Å². The molecule has 1 saturated heterocycles. The van der Waals surface area contributed by atoms with E-state index in [2.05, 4.69) is 68.6 Å². The Morgan fingerprint density at radius 2 is 1.30 bits per heavy atom. The molecule has 57 heavy (non-hydrogen) atoms. The molecule has 2 aliphatic rings. The zero-order valence-corrected chi connectivity index (χ0v) is 34.3. The van der Waals surface area contributed by atoms with Crippen LogP contribution in [0.4, 0.5) is 0 Å². The van der Waals surface area contributed by atoms with E-state index >= 15 is 0 Å². The van der Waals surface area contributed by atoms with E-state index in [1.54, 1.807) is 21.1 Å². The van der Waals surface area contributed by atoms with Crippen molar-refractivity contribution in [3.63, 3.8) is 0 Å². The summed E-state index contributed by atoms with van der Waals surface area (Å²) in [7, 11) is 3.27. The van der Waals surface area contributed by atoms with Crippen molar-refractivity contribution in [1.29, 1.82) is 0 Å². The predicted octanol–water partition coefficient (Wildman–Crippen LogP) is 7.77. The number of aromatic amines is 1. The summed E-state index contributed by atoms with van der Waals surface area (Å²) in [4.78, 5) is 27.9. The Balaban J connectivity index is 1.12. The fraction of sp³-hybridized carbons (Fsp3) is 0.244. The number of methoxy groups -OCH3 is 2. The predicted molar refractivity (Wildman–Crippen MR) is 220 cm³/mol. The van der Waals surface area contributed by atoms with Crippen LogP contribution in [0.3, 0.4) is 0 Å². The van der Waals surface area contributed by atoms with Crippen LogP contribution in [0.1, 0.15) is 51.9 Å². The summed E-state index contributed by atoms with van der Waals surface area (Å²) in [6.07, 6.45) is -0.103. The molecule has 1 aliphatic heterocycles. The van der Waals surface area contributed by atoms with Gasteiger partial charge < -0.3 is 0 Å². The van der Waals surface area contributed by atoms with Gasteiger partial charge in [-0.25, -0.2) is 0 Å². The molecule has 2 heterocycles. The molecule has 0 amide bonds. The van der Waals surface area contributed by atoms with Gasteiger partial charge >= 0.3 is 326 Å². The van der Waals surface area contributed by atoms with Crippen molar-refractivity contribution in [2.45, 2.75) is 43.3 Å². The molecule has 8 rings (SSSR count). The zero-order valence-electron chi connectivity index (χ0n) is 31.7. The van der Waals surface area contributed by atoms with E-state index in [-0.39, 0.29) is 12.5 Å². The van der Waals surface area contributed by atoms with Crippen molar-refractivity contribution < 1.29 is 28.0 Å². The summed E-state index contributed by atoms with van der Waals surface area (Å²) in [5, 5.41) is 0. The van der Waals surface area contributed by atoms with Gasteiger partial charge in [-0.1, -0.05) is 0 Å². The van der Waals surface area contributed by atoms with Crippen LogP contribution in [0.15, 0.2) is 143 Å². The molecule has 1 aliphatic carbocycles. The van der Waals surface area contributed by atoms with E-state index in [9.17, 15) is 9.59 Å². The van der Waals surface area contributed by atoms with E-state index in [4.69, 9.17) is 28.0 Å². The van der Waals surface area contributed by atoms with Gasteiger partial charge in [-0.05, 0) is 0 Å². The Labute approximate surface area is 339 Å². The second kappa shape index (κ2) is 16.9. The number of hydrogen-bond acceptors (Lipinski definition) is 8. The number of H-pyrrole nitrogens is 1. The van der Waals surface area contributed by atoms with Crippen molar-refractivity contribution in [3.05, 3.63) is 188 Å². The van der Waals surface area contributed by atoms with Gasteiger partial charge in [-0.15, -0.1) is 0 Å². The van der Waals surface area contributed by atoms with Gasteiger partial charge in [0.2, 0.25) is 0 Å². The quantitative estimate of drug-likeness (QED) is 0.0674. The maximum atomic E-state index is 13.2. The van der Waals surface area contributed by atoms with E-state index in [0.717, 1.165) is 16.7 Å². The van der Waals surface area contributed by atoms with Gasteiger partial charge in [0.25, 0.3) is 0 Å². The van der Waals surface area contributed by atoms with E-state index < -0.39 is 41.9 Å². The van der Waals surface area contributed by atoms with Crippen LogP contribution in [-0.4, -0.2) is 64.3 Å². The molecule has 1 aromatic heterocycles. The molecule has 5 aromatic carbocycles. The SMILES string of the molecule is COc1ccc(C(OC[C@H]2O[C@@H](n3cc(C)c(=O)[nH]c3=O)C[C@@H]2O[P+](=[Se])OCC2c3ccccc3-c3ccccc32)(c2ccccc2)c2ccc(OC)cc2)cc1. The number of nitrogens with one attached hydrogen (secondary N) is 1. The van der Waals surface area contributed by atoms with Crippen LogP contribution in [-0.2, 0) is 24.1 Å². The Morgan fingerprint density at radius 3 is 1.88 bits per heavy atom. The fourth-order valence-corrected chi connectivity index (χ4v) is 9.78. The molecule has 4 atom stereocenters. The summed E-state index contributed by atoms with van der Waals surface area (Å²) in [6.45, 7) is 0.601. The van der Waals surface area contributed by atoms with Crippen LogP contribution < -0.4 is 20.7 Å². The number of aryl methyl sites for hydroxylation is 1. The molecule has 12 heteroatoms. The Bertz CT molecular complexity index is 2400. The second-order valence-corrected chi connectivity index (χ2v) is 16.8. The van der Waals surface area contributed by atoms with Gasteiger partial charge in [-0.2, -0.15) is 0 Å². The summed E-state index contributed by atoms with van der Waals surface area (Å²) >= 11 is 3.13. The molecule has 1 N–H and O–H groups in total. The van der Waals surface area contributed by atoms with Crippen molar-refractivity contribution in [3.8, 4) is 22.6 Å². The molecule has 290 valence electrons. The van der Waals surface area contributed by atoms with Crippen LogP contribution >= 0.6 is 6.62 Å². The summed E-state index contributed by atoms with van der Waals surface area (Å²) in [6, 6.07) is 42.5. The van der Waals surface area contributed by atoms with Gasteiger partial charge in [0.05, 0.1) is 14.2 Å². The number of hydrogen-bond donors (Lipinski definition) is 1. The fourth-order valence-electron chi connectivity index (χ4n) is 7.93. The van der Waals surface area contributed by atoms with Crippen molar-refractivity contribution in [2.24, 2.45) is 0 Å². The first-order valence-corrected chi connectivity index (χ1v) is 22.1. The molecular weight excluding hydrogens is 806 g/mol. The minimum atomic E-state index is -1.54. The number of fused-ring (bicyclic) bond motifs is 3. The minimum absolute atomic E-state index is 0.0502. The first kappa shape index (κ1) is 38.9. The summed E-state index contributed by atoms with van der Waals surface area (Å²) < 4.78 is 39.6. The van der Waals surface area contributed by atoms with Crippen molar-refractivity contribution >= 4 is 21.7 Å². The normalized spacial score (nSPS) is 17.9. The topological polar surface area (TPSA) is 110 Å². The molecule has 0 saturated carbocycles. The third-order valence-corrected chi connectivity index (χ3v) is 12.8. The number of rotatable bonds is 14. The van der Waals surface area contributed by atoms with Crippen molar-refractivity contribution in [2.75, 3.05) is 27.4 Å². The van der Waals surface area contributed by atoms with Gasteiger partial charge in [0.15, 0.2) is 0 Å². The number of aromatic nitrogens is 2. The van der Waals surface area contributed by atoms with Crippen LogP contribution in [0.25, 0.3) is 11.1 Å². The van der Waals surface area contributed by atoms with Crippen LogP contribution in [0, 0.1) is 6.92 Å². The van der Waals surface area contributed by atoms with Crippen molar-refractivity contribution in [1.82, 2.24) is 9.55 Å². The first-order valence-electron chi connectivity index (χ1n) is 18.7. The molecule has 1 unspecified atom stereocenters. The molecule has 0 radical (unpaired) electrons. The standard InChI is InChI=1S/C45H41N2O8PSe/c1-29-26-47(44(49)46-43(29)48)42-25-40(55-56(57)53-27-39-37-15-9-7-13-35(37)36-14-8-10-16-38(36)39)41(54-42)28-52-45(30-11-5-4-6-12-30,31-17-21-33(50-2)22-18-31)32-19-23-34(51-3)24-20-32/h4-24,26,39-42H,25,27-28H2,1-3H3/p+1/t40-,41+,42+/m0/s1. The Morgan fingerprint density at radius 1 is 0.754 bits per heavy atom. The van der Waals surface area contributed by atoms with Crippen LogP contribution in [0.5, 0.6) is 11.5 Å². The number of ether oxygens (including phenoxy) is 4. The monoisotopic (exact) mass is 849 g/mol. The third-order valence-electron chi connectivity index (χ3n) is 10.8. The zero-order chi connectivity index (χ0) is 39.5. The van der Waals surface area contributed by atoms with Gasteiger partial charge in [-0.3, -0.25) is 0 Å². The molecule has 6 aromatic rings. The average Bonchev–Trinajstić information content (AvgIpc) is 3.80. The third kappa shape index (κ3) is 7.73. The van der Waals surface area contributed by atoms with Gasteiger partial charge in [0.1, 0.15) is 0 Å². The Kier molecular flexibility index (Phi) is 11.5. The molecule has 10 nitrogen and oxygen atoms in total. The van der Waals surface area contributed by atoms with Gasteiger partial charge in [0, 0.05) is 0 Å². The number of nitrogens with zero attached hydrogens (tertiary/aromatic N) is 1. The summed E-state index contributed by atoms with van der Waals surface area (Å²) in [5.41, 5.74) is 5.78. The maximum absolute atomic E-state index is 13.2. The van der Waals surface area contributed by atoms with Crippen LogP contribution in [0.2, 0.25) is 0 Å². The molecule has 0 spiro atoms. The average molecular weight is 849 g/mol. The molecular formula is C45H42N2O8PSe+. The molecule has 1 fully saturated rings. The number of benzene rings is 5. The molecule has 0 bridgehead atoms. The van der Waals surface area contributed by atoms with E-state index in [1.807, 2.05) is 78.9 Å². The second-order valence-electron chi connectivity index (χ2n) is 14.0. The van der Waals surface area contributed by atoms with E-state index in [0.29, 0.717) is 30.1 Å². The summed E-state index contributed by atoms with van der Waals surface area (Å²) in [5.74, 6) is 1.48.